The molecule has 0 bridgehead atoms. The summed E-state index contributed by atoms with van der Waals surface area (Å²) in [5.74, 6) is -0.426. The molecule has 1 amide bonds. The van der Waals surface area contributed by atoms with Crippen LogP contribution in [0.2, 0.25) is 0 Å². The van der Waals surface area contributed by atoms with Crippen LogP contribution in [-0.2, 0) is 4.79 Å². The Morgan fingerprint density at radius 2 is 1.85 bits per heavy atom. The van der Waals surface area contributed by atoms with E-state index in [-0.39, 0.29) is 11.8 Å². The largest absolute Gasteiger partial charge is 0.390 e. The number of nitrogens with one attached hydrogen (secondary N) is 1. The van der Waals surface area contributed by atoms with E-state index in [0.29, 0.717) is 6.54 Å². The second-order valence-electron chi connectivity index (χ2n) is 8.10. The normalized spacial score (nSPS) is 16.0. The number of benzene rings is 1. The molecular weight excluding hydrogens is 508 g/mol. The third-order valence-corrected chi connectivity index (χ3v) is 5.56. The molecule has 0 radical (unpaired) electrons. The molecule has 1 aliphatic rings. The highest BCUT2D eigenvalue weighted by Crippen LogP contribution is 2.25. The minimum absolute atomic E-state index is 0.0849. The minimum Gasteiger partial charge on any atom is -0.390 e. The van der Waals surface area contributed by atoms with Crippen LogP contribution in [0.15, 0.2) is 103 Å². The number of hydrogen-bond acceptors (Lipinski definition) is 5. The fourth-order valence-corrected chi connectivity index (χ4v) is 3.94. The molecule has 8 heteroatoms. The highest BCUT2D eigenvalue weighted by molar-refractivity contribution is 6.29. The molecule has 39 heavy (non-hydrogen) atoms. The number of aromatic nitrogens is 2. The third kappa shape index (κ3) is 11.3. The molecule has 212 valence electrons. The highest BCUT2D eigenvalue weighted by atomic mass is 35.5. The average Bonchev–Trinajstić information content (AvgIpc) is 3.57. The summed E-state index contributed by atoms with van der Waals surface area (Å²) < 4.78 is 1.85. The van der Waals surface area contributed by atoms with Gasteiger partial charge in [-0.3, -0.25) is 9.79 Å². The van der Waals surface area contributed by atoms with Gasteiger partial charge in [0.15, 0.2) is 0 Å². The van der Waals surface area contributed by atoms with E-state index in [1.165, 1.54) is 10.6 Å². The Labute approximate surface area is 240 Å². The molecule has 0 aliphatic carbocycles. The summed E-state index contributed by atoms with van der Waals surface area (Å²) in [6.45, 7) is 22.2. The lowest BCUT2D eigenvalue weighted by molar-refractivity contribution is -0.132. The number of rotatable bonds is 9. The van der Waals surface area contributed by atoms with Crippen LogP contribution in [0.3, 0.4) is 0 Å². The lowest BCUT2D eigenvalue weighted by Crippen LogP contribution is -2.44. The molecule has 3 rings (SSSR count). The Balaban J connectivity index is 0.000000750. The second kappa shape index (κ2) is 20.3. The number of carbonyl (C=O) groups excluding carboxylic acids is 1. The quantitative estimate of drug-likeness (QED) is 0.212. The van der Waals surface area contributed by atoms with Crippen molar-refractivity contribution < 1.29 is 4.79 Å². The maximum Gasteiger partial charge on any atom is 0.254 e. The number of hydrogen-bond donors (Lipinski definition) is 1. The van der Waals surface area contributed by atoms with Gasteiger partial charge in [0.2, 0.25) is 0 Å². The summed E-state index contributed by atoms with van der Waals surface area (Å²) in [5.41, 5.74) is 3.86. The average molecular weight is 553 g/mol. The van der Waals surface area contributed by atoms with Crippen molar-refractivity contribution in [3.05, 3.63) is 98.0 Å². The summed E-state index contributed by atoms with van der Waals surface area (Å²) in [4.78, 5) is 16.8. The molecule has 2 heterocycles. The Morgan fingerprint density at radius 3 is 2.33 bits per heavy atom. The van der Waals surface area contributed by atoms with E-state index in [2.05, 4.69) is 71.4 Å². The molecule has 0 saturated heterocycles. The summed E-state index contributed by atoms with van der Waals surface area (Å²) in [5, 5.41) is 12.7. The van der Waals surface area contributed by atoms with Gasteiger partial charge in [-0.05, 0) is 58.2 Å². The molecular formula is C31H45ClN6O. The first-order valence-electron chi connectivity index (χ1n) is 13.0. The van der Waals surface area contributed by atoms with Crippen LogP contribution in [0.5, 0.6) is 0 Å². The van der Waals surface area contributed by atoms with Gasteiger partial charge in [0.25, 0.3) is 5.91 Å². The molecule has 0 spiro atoms. The number of hydrazone groups is 1. The van der Waals surface area contributed by atoms with Crippen molar-refractivity contribution in [2.75, 3.05) is 13.6 Å². The Morgan fingerprint density at radius 1 is 1.21 bits per heavy atom. The predicted molar refractivity (Wildman–Crippen MR) is 169 cm³/mol. The van der Waals surface area contributed by atoms with E-state index < -0.39 is 11.4 Å². The number of amides is 1. The number of carbonyl (C=O) groups is 1. The molecule has 1 aromatic heterocycles. The van der Waals surface area contributed by atoms with Crippen LogP contribution in [0, 0.1) is 12.8 Å². The highest BCUT2D eigenvalue weighted by Gasteiger charge is 2.40. The van der Waals surface area contributed by atoms with Crippen molar-refractivity contribution in [1.29, 1.82) is 0 Å². The van der Waals surface area contributed by atoms with Gasteiger partial charge in [-0.2, -0.15) is 10.2 Å². The lowest BCUT2D eigenvalue weighted by Gasteiger charge is -2.27. The monoisotopic (exact) mass is 552 g/mol. The van der Waals surface area contributed by atoms with Gasteiger partial charge >= 0.3 is 0 Å². The molecule has 7 nitrogen and oxygen atoms in total. The van der Waals surface area contributed by atoms with Crippen molar-refractivity contribution in [3.63, 3.8) is 0 Å². The Bertz CT molecular complexity index is 1090. The first kappa shape index (κ1) is 35.3. The van der Waals surface area contributed by atoms with E-state index in [9.17, 15) is 4.79 Å². The number of allylic oxidation sites excluding steroid dienone is 3. The van der Waals surface area contributed by atoms with Crippen LogP contribution in [0.1, 0.15) is 40.2 Å². The third-order valence-electron chi connectivity index (χ3n) is 5.21. The van der Waals surface area contributed by atoms with Crippen LogP contribution in [0.4, 0.5) is 0 Å². The van der Waals surface area contributed by atoms with Crippen molar-refractivity contribution in [1.82, 2.24) is 20.1 Å². The molecule has 1 aromatic carbocycles. The first-order chi connectivity index (χ1) is 18.8. The van der Waals surface area contributed by atoms with Gasteiger partial charge < -0.3 is 5.32 Å². The van der Waals surface area contributed by atoms with E-state index in [0.717, 1.165) is 17.0 Å². The first-order valence-corrected chi connectivity index (χ1v) is 13.4. The zero-order valence-corrected chi connectivity index (χ0v) is 25.3. The lowest BCUT2D eigenvalue weighted by atomic mass is 10.0. The Kier molecular flexibility index (Phi) is 18.3. The van der Waals surface area contributed by atoms with Gasteiger partial charge in [0, 0.05) is 32.2 Å². The zero-order chi connectivity index (χ0) is 29.8. The summed E-state index contributed by atoms with van der Waals surface area (Å²) in [6, 6.07) is 9.78. The van der Waals surface area contributed by atoms with Gasteiger partial charge in [0.05, 0.1) is 22.8 Å². The van der Waals surface area contributed by atoms with Crippen LogP contribution >= 0.6 is 11.6 Å². The minimum atomic E-state index is -0.473. The van der Waals surface area contributed by atoms with E-state index in [1.807, 2.05) is 76.0 Å². The number of nitrogens with zero attached hydrogens (tertiary/aromatic N) is 5. The van der Waals surface area contributed by atoms with Gasteiger partial charge in [-0.25, -0.2) is 9.69 Å². The molecule has 1 N–H and O–H groups in total. The number of alkyl halides is 1. The summed E-state index contributed by atoms with van der Waals surface area (Å²) >= 11 is 6.37. The molecule has 1 aliphatic heterocycles. The molecule has 3 unspecified atom stereocenters. The predicted octanol–water partition coefficient (Wildman–Crippen LogP) is 6.76. The standard InChI is InChI=1S/C17H25ClN4O.C10H10N2.C2H6.C2H4/c1-6-8-15-13(10-20-9-7-2)17(23)22(21-15)16(12(3)4)14(18)11-19-5;1-9-3-5-10(6-4-9)12-8-2-7-11-12;2*1-2/h6-9,11,13-14,16,20H,3,10H2,1-2,4-5H3;2-8H,1H3;1-2H3;1-2H2/b8-6+,9-7+,19-11?;;;. The summed E-state index contributed by atoms with van der Waals surface area (Å²) in [6.07, 6.45) is 12.7. The molecule has 0 fully saturated rings. The van der Waals surface area contributed by atoms with Gasteiger partial charge in [-0.1, -0.05) is 55.8 Å². The maximum atomic E-state index is 12.8. The number of aryl methyl sites for hydroxylation is 1. The smallest absolute Gasteiger partial charge is 0.254 e. The van der Waals surface area contributed by atoms with Crippen molar-refractivity contribution in [3.8, 4) is 5.69 Å². The molecule has 3 atom stereocenters. The van der Waals surface area contributed by atoms with E-state index >= 15 is 0 Å². The van der Waals surface area contributed by atoms with Gasteiger partial charge in [0.1, 0.15) is 5.92 Å². The van der Waals surface area contributed by atoms with Crippen LogP contribution < -0.4 is 5.32 Å². The van der Waals surface area contributed by atoms with Crippen molar-refractivity contribution in [2.45, 2.75) is 53.0 Å². The SMILES string of the molecule is C=C.C=C(C)C(C(Cl)C=NC)N1N=C(/C=C/C)C(CN/C=C/C)C1=O.CC.Cc1ccc(-n2cccn2)cc1. The number of aliphatic imine (C=N–C) groups is 1. The van der Waals surface area contributed by atoms with Crippen LogP contribution in [-0.4, -0.2) is 57.6 Å². The summed E-state index contributed by atoms with van der Waals surface area (Å²) in [7, 11) is 1.65. The van der Waals surface area contributed by atoms with E-state index in [4.69, 9.17) is 11.6 Å². The molecule has 0 saturated carbocycles. The fraction of sp³-hybridized carbons (Fsp3) is 0.355. The number of halogens is 1. The van der Waals surface area contributed by atoms with E-state index in [1.54, 1.807) is 19.5 Å². The van der Waals surface area contributed by atoms with Crippen LogP contribution in [0.25, 0.3) is 5.69 Å². The second-order valence-corrected chi connectivity index (χ2v) is 8.60. The topological polar surface area (TPSA) is 74.9 Å². The van der Waals surface area contributed by atoms with Gasteiger partial charge in [-0.15, -0.1) is 24.8 Å². The zero-order valence-electron chi connectivity index (χ0n) is 24.5. The van der Waals surface area contributed by atoms with Crippen molar-refractivity contribution >= 4 is 29.4 Å². The fourth-order valence-electron chi connectivity index (χ4n) is 3.50. The Hall–Kier alpha value is -3.71. The molecule has 2 aromatic rings. The maximum absolute atomic E-state index is 12.8. The van der Waals surface area contributed by atoms with Crippen molar-refractivity contribution in [2.24, 2.45) is 16.0 Å².